The quantitative estimate of drug-likeness (QED) is 0.468. The fourth-order valence-electron chi connectivity index (χ4n) is 4.87. The van der Waals surface area contributed by atoms with E-state index in [1.807, 2.05) is 30.9 Å². The fraction of sp³-hybridized carbons (Fsp3) is 0.423. The average molecular weight is 527 g/mol. The molecule has 2 aromatic heterocycles. The van der Waals surface area contributed by atoms with Crippen LogP contribution in [0, 0.1) is 12.8 Å². The summed E-state index contributed by atoms with van der Waals surface area (Å²) < 4.78 is 1.56. The van der Waals surface area contributed by atoms with Gasteiger partial charge in [-0.15, -0.1) is 0 Å². The lowest BCUT2D eigenvalue weighted by atomic mass is 9.95. The minimum absolute atomic E-state index is 0.0393. The number of hydrogen-bond acceptors (Lipinski definition) is 7. The molecule has 0 aliphatic carbocycles. The first-order valence-electron chi connectivity index (χ1n) is 12.1. The lowest BCUT2D eigenvalue weighted by Crippen LogP contribution is -2.42. The van der Waals surface area contributed by atoms with Crippen molar-refractivity contribution in [2.45, 2.75) is 32.7 Å². The molecule has 2 N–H and O–H groups in total. The monoisotopic (exact) mass is 526 g/mol. The summed E-state index contributed by atoms with van der Waals surface area (Å²) in [5.74, 6) is -0.570. The molecule has 1 saturated heterocycles. The van der Waals surface area contributed by atoms with Crippen LogP contribution in [0.3, 0.4) is 0 Å². The maximum Gasteiger partial charge on any atom is 0.356 e. The number of carboxylic acid groups (broad SMARTS) is 1. The molecule has 11 heteroatoms. The number of pyridine rings is 1. The maximum absolute atomic E-state index is 13.4. The van der Waals surface area contributed by atoms with E-state index >= 15 is 0 Å². The number of halogens is 1. The van der Waals surface area contributed by atoms with Crippen molar-refractivity contribution in [1.82, 2.24) is 19.4 Å². The smallest absolute Gasteiger partial charge is 0.356 e. The first-order valence-corrected chi connectivity index (χ1v) is 12.5. The Bertz CT molecular complexity index is 1430. The molecule has 3 heterocycles. The summed E-state index contributed by atoms with van der Waals surface area (Å²) in [6, 6.07) is 6.47. The van der Waals surface area contributed by atoms with Gasteiger partial charge in [-0.1, -0.05) is 17.7 Å². The molecular formula is C26H31ClN6O4. The van der Waals surface area contributed by atoms with Crippen molar-refractivity contribution in [2.24, 2.45) is 13.0 Å². The van der Waals surface area contributed by atoms with Gasteiger partial charge in [0.2, 0.25) is 11.9 Å². The third-order valence-electron chi connectivity index (χ3n) is 6.80. The number of hydrogen-bond donors (Lipinski definition) is 2. The van der Waals surface area contributed by atoms with E-state index in [4.69, 9.17) is 16.6 Å². The number of fused-ring (bicyclic) bond motifs is 1. The standard InChI is InChI=1S/C26H31ClN6O4/c1-14-12-17(15(2)28-19-6-7-20(27)29-22(19)25(36)37)21-18(13-14)24(35)32(5)26(30-21)33-10-8-16(9-11-33)23(34)31(3)4/h6-7,12-13,15-16,28H,8-11H2,1-5H3,(H,36,37)/t15-/m1/s1. The second-order valence-electron chi connectivity index (χ2n) is 9.72. The van der Waals surface area contributed by atoms with Crippen molar-refractivity contribution in [3.63, 3.8) is 0 Å². The Hall–Kier alpha value is -3.66. The van der Waals surface area contributed by atoms with Gasteiger partial charge in [-0.2, -0.15) is 0 Å². The van der Waals surface area contributed by atoms with E-state index < -0.39 is 5.97 Å². The van der Waals surface area contributed by atoms with Gasteiger partial charge in [-0.05, 0) is 50.5 Å². The first-order chi connectivity index (χ1) is 17.5. The van der Waals surface area contributed by atoms with Crippen LogP contribution in [0.4, 0.5) is 11.6 Å². The van der Waals surface area contributed by atoms with Gasteiger partial charge in [0.1, 0.15) is 5.15 Å². The number of aryl methyl sites for hydroxylation is 1. The fourth-order valence-corrected chi connectivity index (χ4v) is 5.02. The summed E-state index contributed by atoms with van der Waals surface area (Å²) in [5, 5.41) is 13.4. The molecule has 1 fully saturated rings. The summed E-state index contributed by atoms with van der Waals surface area (Å²) in [6.45, 7) is 5.01. The van der Waals surface area contributed by atoms with E-state index in [1.54, 1.807) is 36.7 Å². The van der Waals surface area contributed by atoms with Crippen LogP contribution in [0.15, 0.2) is 29.1 Å². The summed E-state index contributed by atoms with van der Waals surface area (Å²) >= 11 is 5.90. The van der Waals surface area contributed by atoms with Crippen LogP contribution in [-0.4, -0.2) is 63.6 Å². The van der Waals surface area contributed by atoms with Gasteiger partial charge < -0.3 is 20.2 Å². The molecule has 0 saturated carbocycles. The zero-order chi connectivity index (χ0) is 27.0. The Morgan fingerprint density at radius 2 is 1.86 bits per heavy atom. The molecule has 0 radical (unpaired) electrons. The van der Waals surface area contributed by atoms with Gasteiger partial charge in [0.15, 0.2) is 5.69 Å². The number of aromatic carboxylic acids is 1. The second kappa shape index (κ2) is 10.4. The number of rotatable bonds is 6. The van der Waals surface area contributed by atoms with Crippen LogP contribution in [-0.2, 0) is 11.8 Å². The van der Waals surface area contributed by atoms with E-state index in [-0.39, 0.29) is 34.3 Å². The zero-order valence-corrected chi connectivity index (χ0v) is 22.3. The van der Waals surface area contributed by atoms with Crippen LogP contribution >= 0.6 is 11.6 Å². The Morgan fingerprint density at radius 3 is 2.49 bits per heavy atom. The van der Waals surface area contributed by atoms with Crippen LogP contribution in [0.5, 0.6) is 0 Å². The Balaban J connectivity index is 1.73. The number of piperidine rings is 1. The van der Waals surface area contributed by atoms with Gasteiger partial charge in [0.25, 0.3) is 5.56 Å². The summed E-state index contributed by atoms with van der Waals surface area (Å²) in [6.07, 6.45) is 1.37. The SMILES string of the molecule is Cc1cc([C@@H](C)Nc2ccc(Cl)nc2C(=O)O)c2nc(N3CCC(C(=O)N(C)C)CC3)n(C)c(=O)c2c1. The largest absolute Gasteiger partial charge is 0.476 e. The minimum Gasteiger partial charge on any atom is -0.476 e. The van der Waals surface area contributed by atoms with Crippen molar-refractivity contribution in [3.8, 4) is 0 Å². The average Bonchev–Trinajstić information content (AvgIpc) is 2.86. The highest BCUT2D eigenvalue weighted by atomic mass is 35.5. The highest BCUT2D eigenvalue weighted by Gasteiger charge is 2.28. The molecule has 1 atom stereocenters. The third-order valence-corrected chi connectivity index (χ3v) is 7.01. The highest BCUT2D eigenvalue weighted by Crippen LogP contribution is 2.30. The van der Waals surface area contributed by atoms with Crippen LogP contribution in [0.2, 0.25) is 5.15 Å². The van der Waals surface area contributed by atoms with Gasteiger partial charge in [-0.25, -0.2) is 14.8 Å². The molecule has 3 aromatic rings. The van der Waals surface area contributed by atoms with Crippen molar-refractivity contribution >= 4 is 46.0 Å². The molecule has 1 aliphatic rings. The number of amides is 1. The number of anilines is 2. The van der Waals surface area contributed by atoms with Gasteiger partial charge in [-0.3, -0.25) is 14.2 Å². The molecular weight excluding hydrogens is 496 g/mol. The van der Waals surface area contributed by atoms with E-state index in [2.05, 4.69) is 10.3 Å². The molecule has 1 aliphatic heterocycles. The summed E-state index contributed by atoms with van der Waals surface area (Å²) in [4.78, 5) is 50.1. The van der Waals surface area contributed by atoms with Crippen LogP contribution in [0.25, 0.3) is 10.9 Å². The maximum atomic E-state index is 13.4. The topological polar surface area (TPSA) is 121 Å². The Kier molecular flexibility index (Phi) is 7.40. The van der Waals surface area contributed by atoms with Crippen LogP contribution < -0.4 is 15.8 Å². The molecule has 0 spiro atoms. The predicted octanol–water partition coefficient (Wildman–Crippen LogP) is 3.47. The van der Waals surface area contributed by atoms with Crippen molar-refractivity contribution in [3.05, 3.63) is 56.6 Å². The molecule has 0 bridgehead atoms. The normalized spacial score (nSPS) is 15.0. The Labute approximate surface area is 219 Å². The van der Waals surface area contributed by atoms with Crippen molar-refractivity contribution < 1.29 is 14.7 Å². The molecule has 0 unspecified atom stereocenters. The third kappa shape index (κ3) is 5.24. The van der Waals surface area contributed by atoms with Crippen molar-refractivity contribution in [2.75, 3.05) is 37.4 Å². The van der Waals surface area contributed by atoms with E-state index in [9.17, 15) is 19.5 Å². The lowest BCUT2D eigenvalue weighted by Gasteiger charge is -2.34. The van der Waals surface area contributed by atoms with E-state index in [0.717, 1.165) is 11.1 Å². The first kappa shape index (κ1) is 26.4. The summed E-state index contributed by atoms with van der Waals surface area (Å²) in [5.41, 5.74) is 2.17. The van der Waals surface area contributed by atoms with Crippen molar-refractivity contribution in [1.29, 1.82) is 0 Å². The lowest BCUT2D eigenvalue weighted by molar-refractivity contribution is -0.133. The summed E-state index contributed by atoms with van der Waals surface area (Å²) in [7, 11) is 5.24. The highest BCUT2D eigenvalue weighted by molar-refractivity contribution is 6.29. The number of aromatic nitrogens is 3. The predicted molar refractivity (Wildman–Crippen MR) is 144 cm³/mol. The number of carboxylic acids is 1. The van der Waals surface area contributed by atoms with Gasteiger partial charge in [0, 0.05) is 45.7 Å². The van der Waals surface area contributed by atoms with Gasteiger partial charge in [0.05, 0.1) is 22.6 Å². The number of nitrogens with zero attached hydrogens (tertiary/aromatic N) is 5. The number of nitrogens with one attached hydrogen (secondary N) is 1. The molecule has 4 rings (SSSR count). The molecule has 37 heavy (non-hydrogen) atoms. The molecule has 196 valence electrons. The second-order valence-corrected chi connectivity index (χ2v) is 10.1. The number of carbonyl (C=O) groups excluding carboxylic acids is 1. The number of carbonyl (C=O) groups is 2. The van der Waals surface area contributed by atoms with E-state index in [0.29, 0.717) is 48.5 Å². The Morgan fingerprint density at radius 1 is 1.19 bits per heavy atom. The number of benzene rings is 1. The zero-order valence-electron chi connectivity index (χ0n) is 21.6. The molecule has 1 amide bonds. The molecule has 1 aromatic carbocycles. The van der Waals surface area contributed by atoms with Gasteiger partial charge >= 0.3 is 5.97 Å². The molecule has 10 nitrogen and oxygen atoms in total. The van der Waals surface area contributed by atoms with E-state index in [1.165, 1.54) is 6.07 Å². The van der Waals surface area contributed by atoms with Crippen LogP contribution in [0.1, 0.15) is 47.4 Å². The minimum atomic E-state index is -1.20.